The molecule has 0 aliphatic carbocycles. The van der Waals surface area contributed by atoms with Gasteiger partial charge in [-0.2, -0.15) is 4.98 Å². The molecule has 3 aromatic carbocycles. The quantitative estimate of drug-likeness (QED) is 0.240. The Kier molecular flexibility index (Phi) is 8.12. The molecule has 1 aromatic heterocycles. The summed E-state index contributed by atoms with van der Waals surface area (Å²) in [5.41, 5.74) is 1.68. The molecule has 3 N–H and O–H groups in total. The van der Waals surface area contributed by atoms with Crippen molar-refractivity contribution in [3.05, 3.63) is 84.3 Å². The number of sulfonamides is 1. The fourth-order valence-corrected chi connectivity index (χ4v) is 4.82. The Labute approximate surface area is 219 Å². The fraction of sp³-hybridized carbons (Fsp3) is 0.154. The Morgan fingerprint density at radius 2 is 1.47 bits per heavy atom. The fourth-order valence-electron chi connectivity index (χ4n) is 3.60. The molecule has 0 radical (unpaired) electrons. The van der Waals surface area contributed by atoms with Crippen molar-refractivity contribution < 1.29 is 27.0 Å². The highest BCUT2D eigenvalue weighted by Crippen LogP contribution is 2.40. The van der Waals surface area contributed by atoms with Crippen molar-refractivity contribution in [3.8, 4) is 17.2 Å². The van der Waals surface area contributed by atoms with Crippen molar-refractivity contribution in [2.45, 2.75) is 5.75 Å². The number of hydrogen-bond donors (Lipinski definition) is 3. The number of para-hydroxylation sites is 2. The molecule has 0 spiro atoms. The lowest BCUT2D eigenvalue weighted by atomic mass is 10.2. The minimum Gasteiger partial charge on any atom is -0.493 e. The standard InChI is InChI=1S/C26H26FN5O5S/c1-35-22-13-18(14-23(36-2)24(22)37-3)29-26-28-15-19(27)25(31-26)30-20-11-7-8-12-21(20)32-38(33,34)16-17-9-5-4-6-10-17/h4-15,32H,16H2,1-3H3,(H2,28,29,30,31). The molecule has 0 aliphatic rings. The third kappa shape index (κ3) is 6.40. The average Bonchev–Trinajstić information content (AvgIpc) is 2.91. The molecule has 0 saturated carbocycles. The van der Waals surface area contributed by atoms with Crippen LogP contribution in [0.15, 0.2) is 72.9 Å². The van der Waals surface area contributed by atoms with Gasteiger partial charge in [0.05, 0.1) is 44.7 Å². The Bertz CT molecular complexity index is 1490. The molecule has 38 heavy (non-hydrogen) atoms. The first-order valence-corrected chi connectivity index (χ1v) is 13.0. The van der Waals surface area contributed by atoms with Crippen LogP contribution in [-0.4, -0.2) is 39.7 Å². The van der Waals surface area contributed by atoms with E-state index >= 15 is 0 Å². The van der Waals surface area contributed by atoms with Gasteiger partial charge in [0.15, 0.2) is 23.1 Å². The number of rotatable bonds is 11. The lowest BCUT2D eigenvalue weighted by Gasteiger charge is -2.16. The van der Waals surface area contributed by atoms with Gasteiger partial charge in [-0.25, -0.2) is 17.8 Å². The summed E-state index contributed by atoms with van der Waals surface area (Å²) < 4.78 is 58.8. The second kappa shape index (κ2) is 11.6. The second-order valence-corrected chi connectivity index (χ2v) is 9.67. The highest BCUT2D eigenvalue weighted by molar-refractivity contribution is 7.91. The topological polar surface area (TPSA) is 124 Å². The number of benzene rings is 3. The summed E-state index contributed by atoms with van der Waals surface area (Å²) in [6.07, 6.45) is 0.998. The maximum Gasteiger partial charge on any atom is 0.236 e. The van der Waals surface area contributed by atoms with E-state index in [0.717, 1.165) is 6.20 Å². The molecule has 0 fully saturated rings. The lowest BCUT2D eigenvalue weighted by molar-refractivity contribution is 0.324. The molecule has 4 rings (SSSR count). The van der Waals surface area contributed by atoms with E-state index in [4.69, 9.17) is 14.2 Å². The molecule has 0 unspecified atom stereocenters. The zero-order chi connectivity index (χ0) is 27.1. The van der Waals surface area contributed by atoms with Gasteiger partial charge in [0.25, 0.3) is 0 Å². The number of nitrogens with zero attached hydrogens (tertiary/aromatic N) is 2. The molecule has 10 nitrogen and oxygen atoms in total. The molecule has 12 heteroatoms. The molecule has 0 aliphatic heterocycles. The van der Waals surface area contributed by atoms with Gasteiger partial charge in [-0.3, -0.25) is 4.72 Å². The zero-order valence-corrected chi connectivity index (χ0v) is 21.7. The van der Waals surface area contributed by atoms with Crippen LogP contribution in [0.5, 0.6) is 17.2 Å². The van der Waals surface area contributed by atoms with E-state index in [0.29, 0.717) is 34.2 Å². The predicted molar refractivity (Wildman–Crippen MR) is 144 cm³/mol. The van der Waals surface area contributed by atoms with Crippen molar-refractivity contribution in [2.24, 2.45) is 0 Å². The third-order valence-corrected chi connectivity index (χ3v) is 6.55. The van der Waals surface area contributed by atoms with Crippen LogP contribution in [0.25, 0.3) is 0 Å². The summed E-state index contributed by atoms with van der Waals surface area (Å²) in [6.45, 7) is 0. The van der Waals surface area contributed by atoms with E-state index in [2.05, 4.69) is 25.3 Å². The number of hydrogen-bond acceptors (Lipinski definition) is 9. The van der Waals surface area contributed by atoms with Crippen molar-refractivity contribution in [3.63, 3.8) is 0 Å². The van der Waals surface area contributed by atoms with E-state index in [-0.39, 0.29) is 23.2 Å². The van der Waals surface area contributed by atoms with Crippen molar-refractivity contribution in [1.29, 1.82) is 0 Å². The summed E-state index contributed by atoms with van der Waals surface area (Å²) in [5, 5.41) is 5.84. The SMILES string of the molecule is COc1cc(Nc2ncc(F)c(Nc3ccccc3NS(=O)(=O)Cc3ccccc3)n2)cc(OC)c1OC. The molecule has 0 atom stereocenters. The summed E-state index contributed by atoms with van der Waals surface area (Å²) in [6, 6.07) is 18.6. The minimum atomic E-state index is -3.74. The Morgan fingerprint density at radius 3 is 2.11 bits per heavy atom. The zero-order valence-electron chi connectivity index (χ0n) is 20.9. The average molecular weight is 540 g/mol. The lowest BCUT2D eigenvalue weighted by Crippen LogP contribution is -2.16. The highest BCUT2D eigenvalue weighted by atomic mass is 32.2. The van der Waals surface area contributed by atoms with Crippen LogP contribution in [0.2, 0.25) is 0 Å². The predicted octanol–water partition coefficient (Wildman–Crippen LogP) is 5.07. The van der Waals surface area contributed by atoms with Crippen LogP contribution >= 0.6 is 0 Å². The second-order valence-electron chi connectivity index (χ2n) is 7.95. The summed E-state index contributed by atoms with van der Waals surface area (Å²) >= 11 is 0. The van der Waals surface area contributed by atoms with E-state index in [9.17, 15) is 12.8 Å². The molecule has 0 saturated heterocycles. The van der Waals surface area contributed by atoms with Gasteiger partial charge >= 0.3 is 0 Å². The van der Waals surface area contributed by atoms with Crippen LogP contribution < -0.4 is 29.6 Å². The molecule has 1 heterocycles. The third-order valence-electron chi connectivity index (χ3n) is 5.31. The number of nitrogens with one attached hydrogen (secondary N) is 3. The minimum absolute atomic E-state index is 0.0744. The van der Waals surface area contributed by atoms with Crippen LogP contribution in [0.3, 0.4) is 0 Å². The normalized spacial score (nSPS) is 10.9. The molecule has 0 bridgehead atoms. The summed E-state index contributed by atoms with van der Waals surface area (Å²) in [5.74, 6) is 0.192. The first-order chi connectivity index (χ1) is 18.3. The van der Waals surface area contributed by atoms with Gasteiger partial charge in [-0.1, -0.05) is 42.5 Å². The number of anilines is 5. The first-order valence-electron chi connectivity index (χ1n) is 11.3. The van der Waals surface area contributed by atoms with Gasteiger partial charge in [0, 0.05) is 17.8 Å². The maximum absolute atomic E-state index is 14.7. The Balaban J connectivity index is 1.57. The van der Waals surface area contributed by atoms with Gasteiger partial charge in [-0.15, -0.1) is 0 Å². The van der Waals surface area contributed by atoms with E-state index < -0.39 is 15.8 Å². The van der Waals surface area contributed by atoms with Crippen LogP contribution in [-0.2, 0) is 15.8 Å². The van der Waals surface area contributed by atoms with Gasteiger partial charge in [-0.05, 0) is 17.7 Å². The maximum atomic E-state index is 14.7. The summed E-state index contributed by atoms with van der Waals surface area (Å²) in [7, 11) is 0.729. The van der Waals surface area contributed by atoms with Gasteiger partial charge < -0.3 is 24.8 Å². The van der Waals surface area contributed by atoms with Crippen molar-refractivity contribution >= 4 is 38.9 Å². The van der Waals surface area contributed by atoms with Crippen LogP contribution in [0.4, 0.5) is 33.2 Å². The van der Waals surface area contributed by atoms with Gasteiger partial charge in [0.2, 0.25) is 21.7 Å². The number of methoxy groups -OCH3 is 3. The van der Waals surface area contributed by atoms with Crippen LogP contribution in [0.1, 0.15) is 5.56 Å². The van der Waals surface area contributed by atoms with E-state index in [1.807, 2.05) is 6.07 Å². The van der Waals surface area contributed by atoms with Crippen molar-refractivity contribution in [2.75, 3.05) is 36.7 Å². The smallest absolute Gasteiger partial charge is 0.236 e. The van der Waals surface area contributed by atoms with E-state index in [1.54, 1.807) is 60.7 Å². The van der Waals surface area contributed by atoms with Crippen molar-refractivity contribution in [1.82, 2.24) is 9.97 Å². The molecule has 0 amide bonds. The van der Waals surface area contributed by atoms with Gasteiger partial charge in [0.1, 0.15) is 0 Å². The van der Waals surface area contributed by atoms with E-state index in [1.165, 1.54) is 21.3 Å². The highest BCUT2D eigenvalue weighted by Gasteiger charge is 2.17. The monoisotopic (exact) mass is 539 g/mol. The molecular formula is C26H26FN5O5S. The Morgan fingerprint density at radius 1 is 0.842 bits per heavy atom. The first kappa shape index (κ1) is 26.5. The number of halogens is 1. The van der Waals surface area contributed by atoms with Crippen LogP contribution in [0, 0.1) is 5.82 Å². The Hall–Kier alpha value is -4.58. The molecule has 198 valence electrons. The number of aromatic nitrogens is 2. The molecular weight excluding hydrogens is 513 g/mol. The number of ether oxygens (including phenoxy) is 3. The summed E-state index contributed by atoms with van der Waals surface area (Å²) in [4.78, 5) is 8.22. The molecule has 4 aromatic rings. The largest absolute Gasteiger partial charge is 0.493 e.